The second-order valence-corrected chi connectivity index (χ2v) is 8.27. The Morgan fingerprint density at radius 1 is 1.32 bits per heavy atom. The highest BCUT2D eigenvalue weighted by atomic mass is 16.5. The van der Waals surface area contributed by atoms with E-state index in [2.05, 4.69) is 19.9 Å². The van der Waals surface area contributed by atoms with Crippen LogP contribution in [-0.4, -0.2) is 12.9 Å². The van der Waals surface area contributed by atoms with Crippen molar-refractivity contribution in [1.82, 2.24) is 0 Å². The number of ether oxygens (including phenoxy) is 1. The Bertz CT molecular complexity index is 570. The molecule has 0 bridgehead atoms. The molecule has 2 heteroatoms. The lowest BCUT2D eigenvalue weighted by Gasteiger charge is -2.52. The summed E-state index contributed by atoms with van der Waals surface area (Å²) in [6.45, 7) is 4.70. The van der Waals surface area contributed by atoms with Gasteiger partial charge in [0, 0.05) is 18.3 Å². The summed E-state index contributed by atoms with van der Waals surface area (Å²) in [5, 5.41) is 0. The molecule has 4 rings (SSSR count). The van der Waals surface area contributed by atoms with Gasteiger partial charge in [0.15, 0.2) is 0 Å². The average molecular weight is 300 g/mol. The summed E-state index contributed by atoms with van der Waals surface area (Å²) in [6.07, 6.45) is 9.94. The van der Waals surface area contributed by atoms with E-state index >= 15 is 0 Å². The molecule has 0 amide bonds. The van der Waals surface area contributed by atoms with E-state index in [1.165, 1.54) is 12.8 Å². The lowest BCUT2D eigenvalue weighted by molar-refractivity contribution is -0.130. The minimum atomic E-state index is -0.00428. The van der Waals surface area contributed by atoms with E-state index in [0.717, 1.165) is 55.6 Å². The van der Waals surface area contributed by atoms with Crippen molar-refractivity contribution in [3.05, 3.63) is 23.0 Å². The van der Waals surface area contributed by atoms with Crippen LogP contribution in [0.2, 0.25) is 0 Å². The largest absolute Gasteiger partial charge is 0.501 e. The predicted octanol–water partition coefficient (Wildman–Crippen LogP) is 4.66. The van der Waals surface area contributed by atoms with Crippen molar-refractivity contribution in [1.29, 1.82) is 0 Å². The van der Waals surface area contributed by atoms with Gasteiger partial charge < -0.3 is 4.74 Å². The fraction of sp³-hybridized carbons (Fsp3) is 0.750. The maximum absolute atomic E-state index is 12.4. The van der Waals surface area contributed by atoms with Gasteiger partial charge in [0.2, 0.25) is 0 Å². The molecule has 5 atom stereocenters. The van der Waals surface area contributed by atoms with Crippen LogP contribution in [0.25, 0.3) is 0 Å². The lowest BCUT2D eigenvalue weighted by atomic mass is 9.52. The van der Waals surface area contributed by atoms with Gasteiger partial charge in [0.05, 0.1) is 12.9 Å². The van der Waals surface area contributed by atoms with Gasteiger partial charge in [-0.2, -0.15) is 0 Å². The number of ketones is 1. The minimum Gasteiger partial charge on any atom is -0.501 e. The van der Waals surface area contributed by atoms with Gasteiger partial charge in [-0.3, -0.25) is 4.79 Å². The summed E-state index contributed by atoms with van der Waals surface area (Å²) in [5.41, 5.74) is 3.36. The Hall–Kier alpha value is -1.05. The van der Waals surface area contributed by atoms with Gasteiger partial charge >= 0.3 is 0 Å². The summed E-state index contributed by atoms with van der Waals surface area (Å²) < 4.78 is 5.49. The number of methoxy groups -OCH3 is 1. The van der Waals surface area contributed by atoms with E-state index in [0.29, 0.717) is 11.7 Å². The van der Waals surface area contributed by atoms with Gasteiger partial charge in [-0.15, -0.1) is 0 Å². The molecule has 0 aromatic carbocycles. The zero-order valence-electron chi connectivity index (χ0n) is 14.2. The van der Waals surface area contributed by atoms with E-state index in [9.17, 15) is 4.79 Å². The van der Waals surface area contributed by atoms with Crippen LogP contribution in [0.15, 0.2) is 23.0 Å². The Morgan fingerprint density at radius 3 is 2.91 bits per heavy atom. The third-order valence-corrected chi connectivity index (χ3v) is 7.37. The second-order valence-electron chi connectivity index (χ2n) is 8.27. The standard InChI is InChI=1S/C20H28O2/c1-12-10-13-11-14(22-3)4-5-15(13)16-8-9-20(2)17(19(12)16)6-7-18(20)21/h4,12,16-17,19H,5-11H2,1-3H3/t12-,16?,17?,19?,20+/m1/s1. The molecule has 4 aliphatic carbocycles. The summed E-state index contributed by atoms with van der Waals surface area (Å²) >= 11 is 0. The molecule has 4 aliphatic rings. The van der Waals surface area contributed by atoms with Crippen LogP contribution in [0, 0.1) is 29.1 Å². The van der Waals surface area contributed by atoms with Crippen LogP contribution in [0.5, 0.6) is 0 Å². The van der Waals surface area contributed by atoms with E-state index in [-0.39, 0.29) is 5.41 Å². The fourth-order valence-corrected chi connectivity index (χ4v) is 6.23. The van der Waals surface area contributed by atoms with Gasteiger partial charge in [0.1, 0.15) is 5.78 Å². The van der Waals surface area contributed by atoms with Crippen molar-refractivity contribution in [3.8, 4) is 0 Å². The summed E-state index contributed by atoms with van der Waals surface area (Å²) in [4.78, 5) is 12.4. The number of hydrogen-bond donors (Lipinski definition) is 0. The second kappa shape index (κ2) is 4.97. The highest BCUT2D eigenvalue weighted by Crippen LogP contribution is 2.61. The first-order valence-corrected chi connectivity index (χ1v) is 9.01. The van der Waals surface area contributed by atoms with Gasteiger partial charge in [0.25, 0.3) is 0 Å². The topological polar surface area (TPSA) is 26.3 Å². The highest BCUT2D eigenvalue weighted by molar-refractivity contribution is 5.87. The zero-order chi connectivity index (χ0) is 15.5. The monoisotopic (exact) mass is 300 g/mol. The Labute approximate surface area is 134 Å². The van der Waals surface area contributed by atoms with Gasteiger partial charge in [-0.1, -0.05) is 25.0 Å². The number of allylic oxidation sites excluding steroid dienone is 3. The molecule has 0 aromatic rings. The van der Waals surface area contributed by atoms with Crippen molar-refractivity contribution in [2.75, 3.05) is 7.11 Å². The van der Waals surface area contributed by atoms with Crippen molar-refractivity contribution in [2.24, 2.45) is 29.1 Å². The molecule has 0 heterocycles. The minimum absolute atomic E-state index is 0.00428. The van der Waals surface area contributed by atoms with Crippen LogP contribution in [-0.2, 0) is 9.53 Å². The smallest absolute Gasteiger partial charge is 0.139 e. The summed E-state index contributed by atoms with van der Waals surface area (Å²) in [6, 6.07) is 0. The average Bonchev–Trinajstić information content (AvgIpc) is 2.82. The molecule has 0 radical (unpaired) electrons. The number of Topliss-reactive ketones (excluding diaryl/α,β-unsaturated/α-hetero) is 1. The quantitative estimate of drug-likeness (QED) is 0.658. The maximum atomic E-state index is 12.4. The number of hydrogen-bond acceptors (Lipinski definition) is 2. The molecule has 0 saturated heterocycles. The third kappa shape index (κ3) is 1.88. The van der Waals surface area contributed by atoms with Crippen molar-refractivity contribution >= 4 is 5.78 Å². The maximum Gasteiger partial charge on any atom is 0.139 e. The van der Waals surface area contributed by atoms with Crippen LogP contribution < -0.4 is 0 Å². The molecular formula is C20H28O2. The van der Waals surface area contributed by atoms with Gasteiger partial charge in [-0.05, 0) is 61.9 Å². The van der Waals surface area contributed by atoms with Crippen LogP contribution in [0.4, 0.5) is 0 Å². The molecule has 0 spiro atoms. The Kier molecular flexibility index (Phi) is 3.29. The SMILES string of the molecule is COC1=CCC2=C(C1)C[C@@H](C)C1C2CC[C@]2(C)C(=O)CCC12. The summed E-state index contributed by atoms with van der Waals surface area (Å²) in [7, 11) is 1.79. The Balaban J connectivity index is 1.67. The lowest BCUT2D eigenvalue weighted by Crippen LogP contribution is -2.46. The molecule has 2 nitrogen and oxygen atoms in total. The molecule has 0 aromatic heterocycles. The van der Waals surface area contributed by atoms with Crippen LogP contribution >= 0.6 is 0 Å². The Morgan fingerprint density at radius 2 is 2.14 bits per heavy atom. The molecular weight excluding hydrogens is 272 g/mol. The highest BCUT2D eigenvalue weighted by Gasteiger charge is 2.56. The van der Waals surface area contributed by atoms with Gasteiger partial charge in [-0.25, -0.2) is 0 Å². The van der Waals surface area contributed by atoms with E-state index in [4.69, 9.17) is 4.74 Å². The number of carbonyl (C=O) groups excluding carboxylic acids is 1. The van der Waals surface area contributed by atoms with Crippen molar-refractivity contribution in [3.63, 3.8) is 0 Å². The van der Waals surface area contributed by atoms with E-state index in [1.807, 2.05) is 0 Å². The fourth-order valence-electron chi connectivity index (χ4n) is 6.23. The van der Waals surface area contributed by atoms with Crippen molar-refractivity contribution < 1.29 is 9.53 Å². The van der Waals surface area contributed by atoms with E-state index < -0.39 is 0 Å². The number of rotatable bonds is 1. The molecule has 0 aliphatic heterocycles. The van der Waals surface area contributed by atoms with E-state index in [1.54, 1.807) is 18.3 Å². The van der Waals surface area contributed by atoms with Crippen molar-refractivity contribution in [2.45, 2.75) is 58.8 Å². The number of fused-ring (bicyclic) bond motifs is 4. The normalized spacial score (nSPS) is 44.1. The zero-order valence-corrected chi connectivity index (χ0v) is 14.2. The third-order valence-electron chi connectivity index (χ3n) is 7.37. The molecule has 2 saturated carbocycles. The first-order valence-electron chi connectivity index (χ1n) is 9.01. The first-order chi connectivity index (χ1) is 10.5. The molecule has 120 valence electrons. The molecule has 0 N–H and O–H groups in total. The first kappa shape index (κ1) is 14.5. The summed E-state index contributed by atoms with van der Waals surface area (Å²) in [5.74, 6) is 4.53. The molecule has 22 heavy (non-hydrogen) atoms. The van der Waals surface area contributed by atoms with Crippen LogP contribution in [0.1, 0.15) is 58.8 Å². The predicted molar refractivity (Wildman–Crippen MR) is 87.2 cm³/mol. The number of carbonyl (C=O) groups is 1. The molecule has 2 fully saturated rings. The molecule has 3 unspecified atom stereocenters. The van der Waals surface area contributed by atoms with Crippen LogP contribution in [0.3, 0.4) is 0 Å².